The smallest absolute Gasteiger partial charge is 0.358 e. The monoisotopic (exact) mass is 246 g/mol. The summed E-state index contributed by atoms with van der Waals surface area (Å²) >= 11 is 4.00. The van der Waals surface area contributed by atoms with Crippen molar-refractivity contribution in [2.45, 2.75) is 11.3 Å². The zero-order valence-corrected chi connectivity index (χ0v) is 9.19. The van der Waals surface area contributed by atoms with Crippen LogP contribution in [0.3, 0.4) is 0 Å². The van der Waals surface area contributed by atoms with Gasteiger partial charge >= 0.3 is 10.5 Å². The fourth-order valence-electron chi connectivity index (χ4n) is 1.03. The molecule has 3 nitrogen and oxygen atoms in total. The van der Waals surface area contributed by atoms with Crippen LogP contribution in [0.2, 0.25) is 0 Å². The second-order valence-corrected chi connectivity index (χ2v) is 4.16. The molecule has 1 aromatic carbocycles. The average molecular weight is 246 g/mol. The second kappa shape index (κ2) is 4.55. The zero-order valence-electron chi connectivity index (χ0n) is 7.47. The average Bonchev–Trinajstić information content (AvgIpc) is 1.99. The van der Waals surface area contributed by atoms with Crippen molar-refractivity contribution >= 4 is 23.1 Å². The molecule has 0 saturated heterocycles. The van der Waals surface area contributed by atoms with Crippen molar-refractivity contribution < 1.29 is 16.5 Å². The van der Waals surface area contributed by atoms with Crippen LogP contribution in [0.25, 0.3) is 0 Å². The van der Waals surface area contributed by atoms with Gasteiger partial charge in [0.05, 0.1) is 0 Å². The third-order valence-corrected chi connectivity index (χ3v) is 2.10. The minimum Gasteiger partial charge on any atom is -0.358 e. The summed E-state index contributed by atoms with van der Waals surface area (Å²) in [5.74, 6) is 2.23. The van der Waals surface area contributed by atoms with Gasteiger partial charge in [-0.15, -0.1) is 25.0 Å². The molecular weight excluding hydrogens is 239 g/mol. The third kappa shape index (κ3) is 4.23. The lowest BCUT2D eigenvalue weighted by atomic mass is 10.1. The van der Waals surface area contributed by atoms with Crippen molar-refractivity contribution in [2.24, 2.45) is 0 Å². The molecule has 0 radical (unpaired) electrons. The predicted molar refractivity (Wildman–Crippen MR) is 56.9 cm³/mol. The van der Waals surface area contributed by atoms with Crippen molar-refractivity contribution in [1.82, 2.24) is 0 Å². The number of terminal acetylenes is 1. The maximum absolute atomic E-state index is 12.2. The van der Waals surface area contributed by atoms with Crippen LogP contribution in [-0.4, -0.2) is 8.42 Å². The van der Waals surface area contributed by atoms with Crippen LogP contribution in [0, 0.1) is 12.3 Å². The standard InChI is InChI=1S/C9H7FO3S2/c1-2-3-7-4-8(6-9(14)5-7)13-15(10,11)12/h1,4-6,14H,3H2. The van der Waals surface area contributed by atoms with Crippen LogP contribution in [0.4, 0.5) is 3.89 Å². The summed E-state index contributed by atoms with van der Waals surface area (Å²) in [5, 5.41) is 0. The summed E-state index contributed by atoms with van der Waals surface area (Å²) < 4.78 is 36.7. The number of thiol groups is 1. The molecule has 0 aliphatic heterocycles. The first-order valence-corrected chi connectivity index (χ1v) is 5.57. The minimum atomic E-state index is -5.01. The molecule has 6 heteroatoms. The number of benzene rings is 1. The van der Waals surface area contributed by atoms with E-state index in [-0.39, 0.29) is 12.2 Å². The molecule has 0 heterocycles. The molecule has 0 unspecified atom stereocenters. The molecule has 0 fully saturated rings. The van der Waals surface area contributed by atoms with Crippen LogP contribution in [0.5, 0.6) is 5.75 Å². The van der Waals surface area contributed by atoms with Crippen LogP contribution in [0.15, 0.2) is 23.1 Å². The van der Waals surface area contributed by atoms with Gasteiger partial charge in [-0.2, -0.15) is 8.42 Å². The molecule has 15 heavy (non-hydrogen) atoms. The van der Waals surface area contributed by atoms with Crippen LogP contribution in [0.1, 0.15) is 5.56 Å². The SMILES string of the molecule is C#CCc1cc(S)cc(OS(=O)(=O)F)c1. The van der Waals surface area contributed by atoms with E-state index in [0.717, 1.165) is 0 Å². The van der Waals surface area contributed by atoms with Gasteiger partial charge in [-0.1, -0.05) is 3.89 Å². The second-order valence-electron chi connectivity index (χ2n) is 2.69. The van der Waals surface area contributed by atoms with Crippen molar-refractivity contribution in [1.29, 1.82) is 0 Å². The van der Waals surface area contributed by atoms with Gasteiger partial charge in [0.15, 0.2) is 0 Å². The van der Waals surface area contributed by atoms with Gasteiger partial charge in [0, 0.05) is 11.3 Å². The van der Waals surface area contributed by atoms with Crippen LogP contribution in [-0.2, 0) is 16.9 Å². The summed E-state index contributed by atoms with van der Waals surface area (Å²) in [6.07, 6.45) is 5.37. The van der Waals surface area contributed by atoms with Gasteiger partial charge < -0.3 is 4.18 Å². The first-order chi connectivity index (χ1) is 6.90. The normalized spacial score (nSPS) is 10.7. The van der Waals surface area contributed by atoms with Gasteiger partial charge in [-0.25, -0.2) is 0 Å². The molecule has 0 N–H and O–H groups in total. The molecule has 1 aromatic rings. The molecule has 1 rings (SSSR count). The van der Waals surface area contributed by atoms with E-state index >= 15 is 0 Å². The van der Waals surface area contributed by atoms with E-state index in [1.165, 1.54) is 12.1 Å². The minimum absolute atomic E-state index is 0.143. The van der Waals surface area contributed by atoms with Gasteiger partial charge in [-0.3, -0.25) is 0 Å². The fourth-order valence-corrected chi connectivity index (χ4v) is 1.65. The van der Waals surface area contributed by atoms with Crippen LogP contribution < -0.4 is 4.18 Å². The zero-order chi connectivity index (χ0) is 11.5. The number of rotatable bonds is 3. The predicted octanol–water partition coefficient (Wildman–Crippen LogP) is 1.74. The van der Waals surface area contributed by atoms with E-state index < -0.39 is 10.5 Å². The Morgan fingerprint density at radius 3 is 2.67 bits per heavy atom. The van der Waals surface area contributed by atoms with Crippen molar-refractivity contribution in [3.8, 4) is 18.1 Å². The van der Waals surface area contributed by atoms with E-state index in [2.05, 4.69) is 22.7 Å². The Hall–Kier alpha value is -1.19. The van der Waals surface area contributed by atoms with Crippen LogP contribution >= 0.6 is 12.6 Å². The van der Waals surface area contributed by atoms with E-state index in [1.54, 1.807) is 6.07 Å². The molecule has 0 bridgehead atoms. The van der Waals surface area contributed by atoms with E-state index in [9.17, 15) is 12.3 Å². The number of hydrogen-bond donors (Lipinski definition) is 1. The lowest BCUT2D eigenvalue weighted by Crippen LogP contribution is -2.01. The topological polar surface area (TPSA) is 43.4 Å². The molecule has 0 aliphatic rings. The summed E-state index contributed by atoms with van der Waals surface area (Å²) in [6, 6.07) is 4.26. The first kappa shape index (κ1) is 11.9. The van der Waals surface area contributed by atoms with Crippen molar-refractivity contribution in [2.75, 3.05) is 0 Å². The highest BCUT2D eigenvalue weighted by molar-refractivity contribution is 7.81. The molecule has 0 aromatic heterocycles. The maximum Gasteiger partial charge on any atom is 0.488 e. The van der Waals surface area contributed by atoms with Gasteiger partial charge in [0.2, 0.25) is 0 Å². The number of hydrogen-bond acceptors (Lipinski definition) is 4. The van der Waals surface area contributed by atoms with Gasteiger partial charge in [0.25, 0.3) is 0 Å². The summed E-state index contributed by atoms with van der Waals surface area (Å²) in [5.41, 5.74) is 0.628. The molecular formula is C9H7FO3S2. The third-order valence-electron chi connectivity index (χ3n) is 1.45. The lowest BCUT2D eigenvalue weighted by Gasteiger charge is -2.03. The molecule has 0 atom stereocenters. The lowest BCUT2D eigenvalue weighted by molar-refractivity contribution is 0.439. The Morgan fingerprint density at radius 2 is 2.13 bits per heavy atom. The summed E-state index contributed by atoms with van der Waals surface area (Å²) in [7, 11) is -5.01. The quantitative estimate of drug-likeness (QED) is 0.502. The largest absolute Gasteiger partial charge is 0.488 e. The van der Waals surface area contributed by atoms with Gasteiger partial charge in [0.1, 0.15) is 5.75 Å². The van der Waals surface area contributed by atoms with E-state index in [0.29, 0.717) is 10.5 Å². The van der Waals surface area contributed by atoms with Gasteiger partial charge in [-0.05, 0) is 23.8 Å². The summed E-state index contributed by atoms with van der Waals surface area (Å²) in [6.45, 7) is 0. The maximum atomic E-state index is 12.2. The Kier molecular flexibility index (Phi) is 3.61. The number of halogens is 1. The highest BCUT2D eigenvalue weighted by Gasteiger charge is 2.10. The Bertz CT molecular complexity index is 503. The summed E-state index contributed by atoms with van der Waals surface area (Å²) in [4.78, 5) is 0.446. The highest BCUT2D eigenvalue weighted by atomic mass is 32.3. The Balaban J connectivity index is 3.05. The fraction of sp³-hybridized carbons (Fsp3) is 0.111. The first-order valence-electron chi connectivity index (χ1n) is 3.81. The molecule has 0 spiro atoms. The van der Waals surface area contributed by atoms with Crippen molar-refractivity contribution in [3.63, 3.8) is 0 Å². The molecule has 80 valence electrons. The van der Waals surface area contributed by atoms with E-state index in [4.69, 9.17) is 6.42 Å². The van der Waals surface area contributed by atoms with E-state index in [1.807, 2.05) is 0 Å². The molecule has 0 saturated carbocycles. The molecule has 0 amide bonds. The van der Waals surface area contributed by atoms with Crippen molar-refractivity contribution in [3.05, 3.63) is 23.8 Å². The Labute approximate surface area is 93.1 Å². The molecule has 0 aliphatic carbocycles. The Morgan fingerprint density at radius 1 is 1.47 bits per heavy atom. The highest BCUT2D eigenvalue weighted by Crippen LogP contribution is 2.21.